The Morgan fingerprint density at radius 3 is 2.45 bits per heavy atom. The predicted molar refractivity (Wildman–Crippen MR) is 150 cm³/mol. The van der Waals surface area contributed by atoms with E-state index in [1.807, 2.05) is 0 Å². The van der Waals surface area contributed by atoms with Crippen LogP contribution in [0.1, 0.15) is 75.0 Å². The van der Waals surface area contributed by atoms with Gasteiger partial charge in [0.2, 0.25) is 0 Å². The number of pyridine rings is 1. The van der Waals surface area contributed by atoms with Gasteiger partial charge in [0.1, 0.15) is 17.1 Å². The van der Waals surface area contributed by atoms with Gasteiger partial charge in [-0.3, -0.25) is 9.69 Å². The van der Waals surface area contributed by atoms with Gasteiger partial charge in [0.15, 0.2) is 11.4 Å². The number of rotatable bonds is 8. The number of methoxy groups -OCH3 is 1. The number of aliphatic hydroxyl groups is 1. The standard InChI is InChI=1S/C31H31ClF2N2O6/c1-4-30(40,29(34)11-13-42-14-12-29)21-15-23-25(24(33)16-21)31(41-3,20-7-9-22(32)10-8-20)36(27(23)37)17-19-6-5-18(2)35-26(19)28(38)39/h5-10,15-16,40H,4,11-14,17H2,1-3H3,(H,38,39)/t30-,31-/m1/s1. The Hall–Kier alpha value is -3.44. The van der Waals surface area contributed by atoms with E-state index in [4.69, 9.17) is 21.1 Å². The highest BCUT2D eigenvalue weighted by molar-refractivity contribution is 6.30. The van der Waals surface area contributed by atoms with Crippen LogP contribution >= 0.6 is 11.6 Å². The molecule has 0 bridgehead atoms. The first-order valence-electron chi connectivity index (χ1n) is 13.6. The lowest BCUT2D eigenvalue weighted by Gasteiger charge is -2.44. The lowest BCUT2D eigenvalue weighted by atomic mass is 9.72. The highest BCUT2D eigenvalue weighted by Crippen LogP contribution is 2.51. The minimum atomic E-state index is -2.11. The first-order chi connectivity index (χ1) is 19.9. The smallest absolute Gasteiger partial charge is 0.354 e. The van der Waals surface area contributed by atoms with Gasteiger partial charge in [0.05, 0.1) is 17.7 Å². The van der Waals surface area contributed by atoms with E-state index in [2.05, 4.69) is 4.98 Å². The molecule has 3 aromatic rings. The fourth-order valence-corrected chi connectivity index (χ4v) is 6.35. The second-order valence-corrected chi connectivity index (χ2v) is 11.1. The SMILES string of the molecule is CC[C@@](O)(c1cc(F)c2c(c1)C(=O)N(Cc1ccc(C)nc1C(=O)O)[C@@]2(OC)c1ccc(Cl)cc1)C1(F)CCOCC1. The Balaban J connectivity index is 1.73. The normalized spacial score (nSPS) is 21.2. The summed E-state index contributed by atoms with van der Waals surface area (Å²) < 4.78 is 44.0. The summed E-state index contributed by atoms with van der Waals surface area (Å²) in [6, 6.07) is 11.8. The average Bonchev–Trinajstić information content (AvgIpc) is 3.22. The second kappa shape index (κ2) is 11.0. The molecule has 0 unspecified atom stereocenters. The van der Waals surface area contributed by atoms with E-state index in [-0.39, 0.29) is 67.0 Å². The van der Waals surface area contributed by atoms with Crippen molar-refractivity contribution in [3.8, 4) is 0 Å². The summed E-state index contributed by atoms with van der Waals surface area (Å²) in [5.41, 5.74) is -5.68. The highest BCUT2D eigenvalue weighted by atomic mass is 35.5. The van der Waals surface area contributed by atoms with Crippen LogP contribution in [0.5, 0.6) is 0 Å². The third kappa shape index (κ3) is 4.57. The van der Waals surface area contributed by atoms with Crippen molar-refractivity contribution in [2.24, 2.45) is 0 Å². The van der Waals surface area contributed by atoms with E-state index >= 15 is 8.78 Å². The number of carbonyl (C=O) groups excluding carboxylic acids is 1. The monoisotopic (exact) mass is 600 g/mol. The highest BCUT2D eigenvalue weighted by Gasteiger charge is 2.57. The molecule has 0 radical (unpaired) electrons. The van der Waals surface area contributed by atoms with Crippen LogP contribution in [0, 0.1) is 12.7 Å². The van der Waals surface area contributed by atoms with E-state index in [1.54, 1.807) is 50.2 Å². The van der Waals surface area contributed by atoms with Gasteiger partial charge in [0.25, 0.3) is 5.91 Å². The fourth-order valence-electron chi connectivity index (χ4n) is 6.23. The summed E-state index contributed by atoms with van der Waals surface area (Å²) in [5, 5.41) is 22.0. The number of nitrogens with zero attached hydrogens (tertiary/aromatic N) is 2. The molecule has 2 N–H and O–H groups in total. The van der Waals surface area contributed by atoms with Crippen molar-refractivity contribution in [3.05, 3.63) is 98.6 Å². The molecule has 5 rings (SSSR count). The number of ether oxygens (including phenoxy) is 2. The van der Waals surface area contributed by atoms with Crippen molar-refractivity contribution in [2.45, 2.75) is 56.6 Å². The molecule has 2 aromatic carbocycles. The van der Waals surface area contributed by atoms with Gasteiger partial charge in [0, 0.05) is 55.0 Å². The van der Waals surface area contributed by atoms with Crippen molar-refractivity contribution in [3.63, 3.8) is 0 Å². The molecule has 222 valence electrons. The van der Waals surface area contributed by atoms with E-state index < -0.39 is 34.7 Å². The van der Waals surface area contributed by atoms with Crippen LogP contribution in [0.3, 0.4) is 0 Å². The minimum Gasteiger partial charge on any atom is -0.477 e. The molecule has 2 atom stereocenters. The van der Waals surface area contributed by atoms with Crippen molar-refractivity contribution >= 4 is 23.5 Å². The summed E-state index contributed by atoms with van der Waals surface area (Å²) in [6.07, 6.45) is -0.272. The number of hydrogen-bond donors (Lipinski definition) is 2. The van der Waals surface area contributed by atoms with E-state index in [0.717, 1.165) is 6.07 Å². The number of carboxylic acids is 1. The van der Waals surface area contributed by atoms with E-state index in [1.165, 1.54) is 18.1 Å². The van der Waals surface area contributed by atoms with Crippen molar-refractivity contribution in [2.75, 3.05) is 20.3 Å². The fraction of sp³-hybridized carbons (Fsp3) is 0.387. The van der Waals surface area contributed by atoms with Gasteiger partial charge < -0.3 is 19.7 Å². The molecule has 0 saturated carbocycles. The van der Waals surface area contributed by atoms with Gasteiger partial charge in [-0.1, -0.05) is 36.7 Å². The topological polar surface area (TPSA) is 109 Å². The van der Waals surface area contributed by atoms with Gasteiger partial charge in [-0.05, 0) is 49.2 Å². The summed E-state index contributed by atoms with van der Waals surface area (Å²) >= 11 is 6.14. The molecule has 1 saturated heterocycles. The molecule has 0 aliphatic carbocycles. The molecular formula is C31H31ClF2N2O6. The molecular weight excluding hydrogens is 570 g/mol. The molecule has 1 aromatic heterocycles. The Bertz CT molecular complexity index is 1550. The van der Waals surface area contributed by atoms with Crippen molar-refractivity contribution in [1.82, 2.24) is 9.88 Å². The molecule has 42 heavy (non-hydrogen) atoms. The first-order valence-corrected chi connectivity index (χ1v) is 14.0. The number of hydrogen-bond acceptors (Lipinski definition) is 6. The maximum Gasteiger partial charge on any atom is 0.354 e. The Labute approximate surface area is 246 Å². The average molecular weight is 601 g/mol. The molecule has 2 aliphatic heterocycles. The Morgan fingerprint density at radius 1 is 1.19 bits per heavy atom. The van der Waals surface area contributed by atoms with Gasteiger partial charge in [-0.15, -0.1) is 0 Å². The molecule has 1 amide bonds. The van der Waals surface area contributed by atoms with Crippen LogP contribution < -0.4 is 0 Å². The quantitative estimate of drug-likeness (QED) is 0.351. The summed E-state index contributed by atoms with van der Waals surface area (Å²) in [6.45, 7) is 3.12. The molecule has 8 nitrogen and oxygen atoms in total. The lowest BCUT2D eigenvalue weighted by Crippen LogP contribution is -2.51. The van der Waals surface area contributed by atoms with E-state index in [9.17, 15) is 19.8 Å². The number of carbonyl (C=O) groups is 2. The second-order valence-electron chi connectivity index (χ2n) is 10.7. The third-order valence-electron chi connectivity index (χ3n) is 8.48. The number of aryl methyl sites for hydroxylation is 1. The van der Waals surface area contributed by atoms with Crippen LogP contribution in [-0.4, -0.2) is 58.0 Å². The van der Waals surface area contributed by atoms with Gasteiger partial charge in [-0.2, -0.15) is 0 Å². The number of aromatic carboxylic acids is 1. The summed E-state index contributed by atoms with van der Waals surface area (Å²) in [5.74, 6) is -2.88. The molecule has 0 spiro atoms. The van der Waals surface area contributed by atoms with Crippen LogP contribution in [0.25, 0.3) is 0 Å². The minimum absolute atomic E-state index is 0.0785. The van der Waals surface area contributed by atoms with E-state index in [0.29, 0.717) is 16.3 Å². The Morgan fingerprint density at radius 2 is 1.86 bits per heavy atom. The van der Waals surface area contributed by atoms with Crippen molar-refractivity contribution in [1.29, 1.82) is 0 Å². The Kier molecular flexibility index (Phi) is 7.86. The molecule has 3 heterocycles. The van der Waals surface area contributed by atoms with Crippen molar-refractivity contribution < 1.29 is 38.1 Å². The number of halogens is 3. The maximum atomic E-state index is 16.5. The molecule has 1 fully saturated rings. The molecule has 2 aliphatic rings. The van der Waals surface area contributed by atoms with Gasteiger partial charge >= 0.3 is 5.97 Å². The lowest BCUT2D eigenvalue weighted by molar-refractivity contribution is -0.155. The van der Waals surface area contributed by atoms with Crippen LogP contribution in [-0.2, 0) is 27.3 Å². The number of amides is 1. The largest absolute Gasteiger partial charge is 0.477 e. The number of aromatic nitrogens is 1. The number of benzene rings is 2. The third-order valence-corrected chi connectivity index (χ3v) is 8.73. The van der Waals surface area contributed by atoms with Crippen LogP contribution in [0.2, 0.25) is 5.02 Å². The zero-order valence-corrected chi connectivity index (χ0v) is 24.2. The van der Waals surface area contributed by atoms with Crippen LogP contribution in [0.15, 0.2) is 48.5 Å². The number of alkyl halides is 1. The number of fused-ring (bicyclic) bond motifs is 1. The zero-order valence-electron chi connectivity index (χ0n) is 23.4. The van der Waals surface area contributed by atoms with Gasteiger partial charge in [-0.25, -0.2) is 18.6 Å². The maximum absolute atomic E-state index is 16.5. The van der Waals surface area contributed by atoms with Crippen LogP contribution in [0.4, 0.5) is 8.78 Å². The molecule has 11 heteroatoms. The first kappa shape index (κ1) is 30.0. The zero-order chi connectivity index (χ0) is 30.4. The number of carboxylic acid groups (broad SMARTS) is 1. The summed E-state index contributed by atoms with van der Waals surface area (Å²) in [7, 11) is 1.31. The summed E-state index contributed by atoms with van der Waals surface area (Å²) in [4.78, 5) is 31.6. The predicted octanol–water partition coefficient (Wildman–Crippen LogP) is 5.50.